The zero-order valence-corrected chi connectivity index (χ0v) is 22.4. The molecule has 4 rings (SSSR count). The highest BCUT2D eigenvalue weighted by atomic mass is 19.1. The van der Waals surface area contributed by atoms with Gasteiger partial charge >= 0.3 is 5.97 Å². The number of aliphatic hydroxyl groups is 1. The van der Waals surface area contributed by atoms with Gasteiger partial charge < -0.3 is 25.3 Å². The van der Waals surface area contributed by atoms with E-state index in [-0.39, 0.29) is 36.4 Å². The minimum atomic E-state index is -1.22. The number of aryl methyl sites for hydroxylation is 2. The van der Waals surface area contributed by atoms with Crippen molar-refractivity contribution in [3.05, 3.63) is 113 Å². The van der Waals surface area contributed by atoms with Gasteiger partial charge in [0.05, 0.1) is 24.8 Å². The molecule has 0 saturated heterocycles. The molecule has 0 aliphatic carbocycles. The van der Waals surface area contributed by atoms with Crippen LogP contribution < -0.4 is 10.6 Å². The van der Waals surface area contributed by atoms with Gasteiger partial charge in [-0.2, -0.15) is 0 Å². The lowest BCUT2D eigenvalue weighted by Gasteiger charge is -2.25. The topological polar surface area (TPSA) is 125 Å². The standard InChI is InChI=1S/C31H31F2N3O5/c1-2-19-5-3-6-20(11-19)16-34-18-27(37)29(23-13-24(32)15-25(33)14-23)36-30(40)21-7-4-8-22(12-21)31-35-17-26(41-31)9-10-28(38)39/h3-8,11-15,17,27,29,34,37H,2,9-10,16,18H2,1H3,(H,36,40)(H,38,39)/t27-,29+/m1/s1. The molecule has 0 aliphatic heterocycles. The van der Waals surface area contributed by atoms with Crippen molar-refractivity contribution in [3.63, 3.8) is 0 Å². The number of carboxylic acid groups (broad SMARTS) is 1. The van der Waals surface area contributed by atoms with Crippen LogP contribution in [0.5, 0.6) is 0 Å². The van der Waals surface area contributed by atoms with E-state index in [1.165, 1.54) is 17.8 Å². The molecule has 10 heteroatoms. The third-order valence-corrected chi connectivity index (χ3v) is 6.51. The van der Waals surface area contributed by atoms with Crippen LogP contribution in [0.25, 0.3) is 11.5 Å². The average Bonchev–Trinajstić information content (AvgIpc) is 3.43. The Kier molecular flexibility index (Phi) is 9.94. The molecule has 8 nitrogen and oxygen atoms in total. The SMILES string of the molecule is CCc1cccc(CNC[C@@H](O)[C@@H](NC(=O)c2cccc(-c3ncc(CCC(=O)O)o3)c2)c2cc(F)cc(F)c2)c1. The zero-order chi connectivity index (χ0) is 29.4. The first-order chi connectivity index (χ1) is 19.7. The van der Waals surface area contributed by atoms with E-state index in [9.17, 15) is 23.5 Å². The summed E-state index contributed by atoms with van der Waals surface area (Å²) < 4.78 is 33.8. The number of benzene rings is 3. The molecule has 0 bridgehead atoms. The lowest BCUT2D eigenvalue weighted by molar-refractivity contribution is -0.137. The van der Waals surface area contributed by atoms with Gasteiger partial charge in [0, 0.05) is 36.7 Å². The van der Waals surface area contributed by atoms with Crippen LogP contribution >= 0.6 is 0 Å². The van der Waals surface area contributed by atoms with Gasteiger partial charge in [0.1, 0.15) is 17.4 Å². The van der Waals surface area contributed by atoms with Crippen LogP contribution in [0.15, 0.2) is 77.3 Å². The molecule has 41 heavy (non-hydrogen) atoms. The summed E-state index contributed by atoms with van der Waals surface area (Å²) >= 11 is 0. The Morgan fingerprint density at radius 2 is 1.73 bits per heavy atom. The van der Waals surface area contributed by atoms with Crippen molar-refractivity contribution in [1.29, 1.82) is 0 Å². The normalized spacial score (nSPS) is 12.6. The number of hydrogen-bond donors (Lipinski definition) is 4. The van der Waals surface area contributed by atoms with Gasteiger partial charge in [-0.3, -0.25) is 9.59 Å². The molecule has 4 N–H and O–H groups in total. The average molecular weight is 564 g/mol. The van der Waals surface area contributed by atoms with Gasteiger partial charge in [0.25, 0.3) is 5.91 Å². The minimum Gasteiger partial charge on any atom is -0.481 e. The first-order valence-electron chi connectivity index (χ1n) is 13.2. The number of carbonyl (C=O) groups excluding carboxylic acids is 1. The van der Waals surface area contributed by atoms with Gasteiger partial charge in [0.15, 0.2) is 0 Å². The third-order valence-electron chi connectivity index (χ3n) is 6.51. The number of aromatic nitrogens is 1. The predicted molar refractivity (Wildman–Crippen MR) is 148 cm³/mol. The minimum absolute atomic E-state index is 0.0366. The molecule has 214 valence electrons. The monoisotopic (exact) mass is 563 g/mol. The summed E-state index contributed by atoms with van der Waals surface area (Å²) in [5.74, 6) is -2.62. The summed E-state index contributed by atoms with van der Waals surface area (Å²) in [7, 11) is 0. The molecule has 1 amide bonds. The molecule has 0 unspecified atom stereocenters. The molecule has 0 spiro atoms. The number of oxazole rings is 1. The van der Waals surface area contributed by atoms with E-state index in [1.54, 1.807) is 18.2 Å². The number of aliphatic carboxylic acids is 1. The Morgan fingerprint density at radius 1 is 1.00 bits per heavy atom. The molecule has 4 aromatic rings. The number of amides is 1. The van der Waals surface area contributed by atoms with E-state index < -0.39 is 35.7 Å². The Bertz CT molecular complexity index is 1490. The number of hydrogen-bond acceptors (Lipinski definition) is 6. The summed E-state index contributed by atoms with van der Waals surface area (Å²) in [6, 6.07) is 16.1. The molecule has 1 aromatic heterocycles. The van der Waals surface area contributed by atoms with E-state index >= 15 is 0 Å². The van der Waals surface area contributed by atoms with Crippen molar-refractivity contribution in [2.45, 2.75) is 44.9 Å². The number of aliphatic hydroxyl groups excluding tert-OH is 1. The highest BCUT2D eigenvalue weighted by Crippen LogP contribution is 2.24. The number of carboxylic acids is 1. The Morgan fingerprint density at radius 3 is 2.46 bits per heavy atom. The largest absolute Gasteiger partial charge is 0.481 e. The second-order valence-corrected chi connectivity index (χ2v) is 9.63. The van der Waals surface area contributed by atoms with Gasteiger partial charge in [-0.15, -0.1) is 0 Å². The van der Waals surface area contributed by atoms with Gasteiger partial charge in [-0.25, -0.2) is 13.8 Å². The van der Waals surface area contributed by atoms with E-state index in [0.29, 0.717) is 17.9 Å². The van der Waals surface area contributed by atoms with Crippen LogP contribution in [0.2, 0.25) is 0 Å². The van der Waals surface area contributed by atoms with Crippen molar-refractivity contribution in [3.8, 4) is 11.5 Å². The number of carbonyl (C=O) groups is 2. The quantitative estimate of drug-likeness (QED) is 0.184. The van der Waals surface area contributed by atoms with Crippen molar-refractivity contribution in [2.75, 3.05) is 6.54 Å². The second-order valence-electron chi connectivity index (χ2n) is 9.63. The summed E-state index contributed by atoms with van der Waals surface area (Å²) in [5, 5.41) is 25.8. The van der Waals surface area contributed by atoms with Crippen molar-refractivity contribution >= 4 is 11.9 Å². The highest BCUT2D eigenvalue weighted by molar-refractivity contribution is 5.95. The Balaban J connectivity index is 1.50. The number of halogens is 2. The van der Waals surface area contributed by atoms with Gasteiger partial charge in [-0.05, 0) is 53.4 Å². The molecule has 0 fully saturated rings. The summed E-state index contributed by atoms with van der Waals surface area (Å²) in [6.07, 6.45) is 1.16. The predicted octanol–water partition coefficient (Wildman–Crippen LogP) is 4.82. The van der Waals surface area contributed by atoms with Crippen LogP contribution in [-0.2, 0) is 24.2 Å². The lowest BCUT2D eigenvalue weighted by Crippen LogP contribution is -2.41. The fourth-order valence-corrected chi connectivity index (χ4v) is 4.40. The van der Waals surface area contributed by atoms with Crippen LogP contribution in [-0.4, -0.2) is 39.7 Å². The molecular formula is C31H31F2N3O5. The molecular weight excluding hydrogens is 532 g/mol. The maximum Gasteiger partial charge on any atom is 0.303 e. The molecule has 2 atom stereocenters. The van der Waals surface area contributed by atoms with Gasteiger partial charge in [-0.1, -0.05) is 37.3 Å². The van der Waals surface area contributed by atoms with Crippen LogP contribution in [0.4, 0.5) is 8.78 Å². The second kappa shape index (κ2) is 13.8. The van der Waals surface area contributed by atoms with Crippen molar-refractivity contribution in [2.24, 2.45) is 0 Å². The molecule has 0 radical (unpaired) electrons. The molecule has 1 heterocycles. The first-order valence-corrected chi connectivity index (χ1v) is 13.2. The zero-order valence-electron chi connectivity index (χ0n) is 22.4. The fourth-order valence-electron chi connectivity index (χ4n) is 4.40. The number of nitrogens with one attached hydrogen (secondary N) is 2. The van der Waals surface area contributed by atoms with Crippen molar-refractivity contribution in [1.82, 2.24) is 15.6 Å². The fraction of sp³-hybridized carbons (Fsp3) is 0.258. The molecule has 0 aliphatic rings. The summed E-state index contributed by atoms with van der Waals surface area (Å²) in [6.45, 7) is 2.55. The van der Waals surface area contributed by atoms with E-state index in [1.807, 2.05) is 18.2 Å². The van der Waals surface area contributed by atoms with Crippen LogP contribution in [0.3, 0.4) is 0 Å². The third kappa shape index (κ3) is 8.29. The Hall–Kier alpha value is -4.41. The lowest BCUT2D eigenvalue weighted by atomic mass is 9.99. The van der Waals surface area contributed by atoms with E-state index in [0.717, 1.165) is 30.2 Å². The summed E-state index contributed by atoms with van der Waals surface area (Å²) in [4.78, 5) is 28.3. The Labute approximate surface area is 236 Å². The van der Waals surface area contributed by atoms with Gasteiger partial charge in [0.2, 0.25) is 5.89 Å². The van der Waals surface area contributed by atoms with E-state index in [4.69, 9.17) is 9.52 Å². The van der Waals surface area contributed by atoms with Crippen LogP contribution in [0, 0.1) is 11.6 Å². The van der Waals surface area contributed by atoms with E-state index in [2.05, 4.69) is 28.6 Å². The van der Waals surface area contributed by atoms with Crippen LogP contribution in [0.1, 0.15) is 52.2 Å². The first kappa shape index (κ1) is 29.6. The maximum atomic E-state index is 14.1. The molecule has 3 aromatic carbocycles. The number of nitrogens with zero attached hydrogens (tertiary/aromatic N) is 1. The number of rotatable bonds is 13. The van der Waals surface area contributed by atoms with Crippen molar-refractivity contribution < 1.29 is 33.0 Å². The molecule has 0 saturated carbocycles. The highest BCUT2D eigenvalue weighted by Gasteiger charge is 2.25. The smallest absolute Gasteiger partial charge is 0.303 e. The maximum absolute atomic E-state index is 14.1. The summed E-state index contributed by atoms with van der Waals surface area (Å²) in [5.41, 5.74) is 2.94.